The highest BCUT2D eigenvalue weighted by Gasteiger charge is 2.21. The first-order valence-electron chi connectivity index (χ1n) is 13.9. The molecule has 0 bridgehead atoms. The van der Waals surface area contributed by atoms with Crippen molar-refractivity contribution < 1.29 is 9.53 Å². The van der Waals surface area contributed by atoms with Gasteiger partial charge in [0.15, 0.2) is 0 Å². The fourth-order valence-electron chi connectivity index (χ4n) is 5.16. The number of urea groups is 1. The SMILES string of the molecule is O=C(Nc1ccc(-c2ccccc2)cc1)N(CCC(c1ccccc1)c1ccccc1)CCN1CCOCC1. The lowest BCUT2D eigenvalue weighted by molar-refractivity contribution is 0.0351. The highest BCUT2D eigenvalue weighted by atomic mass is 16.5. The van der Waals surface area contributed by atoms with Gasteiger partial charge >= 0.3 is 6.03 Å². The van der Waals surface area contributed by atoms with Crippen LogP contribution in [-0.4, -0.2) is 61.8 Å². The van der Waals surface area contributed by atoms with Crippen LogP contribution in [0.15, 0.2) is 115 Å². The van der Waals surface area contributed by atoms with Gasteiger partial charge in [0.25, 0.3) is 0 Å². The van der Waals surface area contributed by atoms with E-state index in [0.29, 0.717) is 13.1 Å². The molecule has 0 unspecified atom stereocenters. The molecule has 1 saturated heterocycles. The average Bonchev–Trinajstić information content (AvgIpc) is 3.01. The minimum absolute atomic E-state index is 0.0596. The first-order chi connectivity index (χ1) is 19.3. The van der Waals surface area contributed by atoms with E-state index >= 15 is 0 Å². The molecule has 1 fully saturated rings. The average molecular weight is 520 g/mol. The smallest absolute Gasteiger partial charge is 0.321 e. The molecule has 0 atom stereocenters. The summed E-state index contributed by atoms with van der Waals surface area (Å²) < 4.78 is 5.52. The molecule has 0 radical (unpaired) electrons. The van der Waals surface area contributed by atoms with Crippen LogP contribution in [0.5, 0.6) is 0 Å². The van der Waals surface area contributed by atoms with Crippen LogP contribution in [0.25, 0.3) is 11.1 Å². The maximum atomic E-state index is 13.6. The minimum atomic E-state index is -0.0596. The molecule has 39 heavy (non-hydrogen) atoms. The summed E-state index contributed by atoms with van der Waals surface area (Å²) in [5, 5.41) is 3.16. The number of anilines is 1. The third kappa shape index (κ3) is 7.56. The molecule has 0 aliphatic carbocycles. The Balaban J connectivity index is 1.29. The van der Waals surface area contributed by atoms with Gasteiger partial charge in [-0.05, 0) is 40.8 Å². The Kier molecular flexibility index (Phi) is 9.40. The number of hydrogen-bond acceptors (Lipinski definition) is 3. The number of carbonyl (C=O) groups is 1. The second kappa shape index (κ2) is 13.7. The number of hydrogen-bond donors (Lipinski definition) is 1. The summed E-state index contributed by atoms with van der Waals surface area (Å²) in [5.74, 6) is 0.219. The molecule has 1 N–H and O–H groups in total. The molecular weight excluding hydrogens is 482 g/mol. The largest absolute Gasteiger partial charge is 0.379 e. The van der Waals surface area contributed by atoms with Crippen molar-refractivity contribution in [3.05, 3.63) is 126 Å². The van der Waals surface area contributed by atoms with Gasteiger partial charge in [-0.15, -0.1) is 0 Å². The first-order valence-corrected chi connectivity index (χ1v) is 13.9. The molecule has 4 aromatic carbocycles. The Morgan fingerprint density at radius 1 is 0.718 bits per heavy atom. The van der Waals surface area contributed by atoms with Crippen molar-refractivity contribution >= 4 is 11.7 Å². The number of ether oxygens (including phenoxy) is 1. The second-order valence-corrected chi connectivity index (χ2v) is 9.98. The van der Waals surface area contributed by atoms with Crippen molar-refractivity contribution in [2.75, 3.05) is 51.3 Å². The Bertz CT molecular complexity index is 1240. The van der Waals surface area contributed by atoms with Crippen molar-refractivity contribution in [2.24, 2.45) is 0 Å². The molecule has 5 rings (SSSR count). The van der Waals surface area contributed by atoms with E-state index in [1.165, 1.54) is 11.1 Å². The van der Waals surface area contributed by atoms with E-state index in [0.717, 1.165) is 56.1 Å². The summed E-state index contributed by atoms with van der Waals surface area (Å²) in [6.07, 6.45) is 0.845. The van der Waals surface area contributed by atoms with E-state index in [-0.39, 0.29) is 11.9 Å². The van der Waals surface area contributed by atoms with Crippen LogP contribution in [0.1, 0.15) is 23.5 Å². The van der Waals surface area contributed by atoms with Crippen LogP contribution in [0.4, 0.5) is 10.5 Å². The standard InChI is InChI=1S/C34H37N3O2/c38-34(35-32-18-16-29(17-19-32)28-10-4-1-5-11-28)37(23-22-36-24-26-39-27-25-36)21-20-33(30-12-6-2-7-13-30)31-14-8-3-9-15-31/h1-19,33H,20-27H2,(H,35,38). The normalized spacial score (nSPS) is 13.8. The number of nitrogens with one attached hydrogen (secondary N) is 1. The monoisotopic (exact) mass is 519 g/mol. The highest BCUT2D eigenvalue weighted by Crippen LogP contribution is 2.28. The molecule has 4 aromatic rings. The fourth-order valence-corrected chi connectivity index (χ4v) is 5.16. The third-order valence-electron chi connectivity index (χ3n) is 7.41. The summed E-state index contributed by atoms with van der Waals surface area (Å²) in [7, 11) is 0. The Labute approximate surface area is 232 Å². The van der Waals surface area contributed by atoms with Crippen molar-refractivity contribution in [2.45, 2.75) is 12.3 Å². The van der Waals surface area contributed by atoms with Gasteiger partial charge in [0.05, 0.1) is 13.2 Å². The quantitative estimate of drug-likeness (QED) is 0.252. The highest BCUT2D eigenvalue weighted by molar-refractivity contribution is 5.89. The van der Waals surface area contributed by atoms with Crippen LogP contribution < -0.4 is 5.32 Å². The lowest BCUT2D eigenvalue weighted by atomic mass is 9.88. The molecule has 1 aliphatic rings. The van der Waals surface area contributed by atoms with Gasteiger partial charge in [-0.2, -0.15) is 0 Å². The number of benzene rings is 4. The molecule has 1 heterocycles. The topological polar surface area (TPSA) is 44.8 Å². The number of amides is 2. The molecule has 0 spiro atoms. The van der Waals surface area contributed by atoms with Gasteiger partial charge in [0.2, 0.25) is 0 Å². The van der Waals surface area contributed by atoms with Crippen LogP contribution in [0.3, 0.4) is 0 Å². The molecular formula is C34H37N3O2. The zero-order valence-electron chi connectivity index (χ0n) is 22.4. The maximum absolute atomic E-state index is 13.6. The van der Waals surface area contributed by atoms with Crippen LogP contribution in [0.2, 0.25) is 0 Å². The molecule has 2 amide bonds. The number of nitrogens with zero attached hydrogens (tertiary/aromatic N) is 2. The van der Waals surface area contributed by atoms with Crippen LogP contribution >= 0.6 is 0 Å². The third-order valence-corrected chi connectivity index (χ3v) is 7.41. The second-order valence-electron chi connectivity index (χ2n) is 9.98. The van der Waals surface area contributed by atoms with Crippen molar-refractivity contribution in [1.82, 2.24) is 9.80 Å². The number of carbonyl (C=O) groups excluding carboxylic acids is 1. The van der Waals surface area contributed by atoms with Gasteiger partial charge in [-0.1, -0.05) is 103 Å². The first kappa shape index (κ1) is 26.7. The van der Waals surface area contributed by atoms with Gasteiger partial charge in [0, 0.05) is 44.3 Å². The Morgan fingerprint density at radius 2 is 1.26 bits per heavy atom. The van der Waals surface area contributed by atoms with Crippen LogP contribution in [-0.2, 0) is 4.74 Å². The van der Waals surface area contributed by atoms with E-state index < -0.39 is 0 Å². The number of rotatable bonds is 10. The maximum Gasteiger partial charge on any atom is 0.321 e. The lowest BCUT2D eigenvalue weighted by Gasteiger charge is -2.31. The van der Waals surface area contributed by atoms with Gasteiger partial charge in [0.1, 0.15) is 0 Å². The van der Waals surface area contributed by atoms with Gasteiger partial charge in [-0.3, -0.25) is 4.90 Å². The Hall–Kier alpha value is -3.93. The van der Waals surface area contributed by atoms with E-state index in [4.69, 9.17) is 4.74 Å². The predicted octanol–water partition coefficient (Wildman–Crippen LogP) is 6.74. The van der Waals surface area contributed by atoms with Crippen molar-refractivity contribution in [3.63, 3.8) is 0 Å². The van der Waals surface area contributed by atoms with Crippen molar-refractivity contribution in [3.8, 4) is 11.1 Å². The molecule has 1 aliphatic heterocycles. The number of morpholine rings is 1. The molecule has 5 heteroatoms. The molecule has 0 saturated carbocycles. The summed E-state index contributed by atoms with van der Waals surface area (Å²) >= 11 is 0. The predicted molar refractivity (Wildman–Crippen MR) is 159 cm³/mol. The molecule has 200 valence electrons. The fraction of sp³-hybridized carbons (Fsp3) is 0.265. The van der Waals surface area contributed by atoms with E-state index in [9.17, 15) is 4.79 Å². The minimum Gasteiger partial charge on any atom is -0.379 e. The van der Waals surface area contributed by atoms with Crippen molar-refractivity contribution in [1.29, 1.82) is 0 Å². The summed E-state index contributed by atoms with van der Waals surface area (Å²) in [5.41, 5.74) is 5.64. The zero-order chi connectivity index (χ0) is 26.7. The van der Waals surface area contributed by atoms with E-state index in [1.807, 2.05) is 35.2 Å². The molecule has 5 nitrogen and oxygen atoms in total. The van der Waals surface area contributed by atoms with E-state index in [1.54, 1.807) is 0 Å². The summed E-state index contributed by atoms with van der Waals surface area (Å²) in [4.78, 5) is 17.9. The zero-order valence-corrected chi connectivity index (χ0v) is 22.4. The summed E-state index contributed by atoms with van der Waals surface area (Å²) in [6, 6.07) is 39.5. The van der Waals surface area contributed by atoms with Gasteiger partial charge < -0.3 is 15.0 Å². The van der Waals surface area contributed by atoms with E-state index in [2.05, 4.69) is 95.1 Å². The molecule has 0 aromatic heterocycles. The Morgan fingerprint density at radius 3 is 1.85 bits per heavy atom. The van der Waals surface area contributed by atoms with Crippen LogP contribution in [0, 0.1) is 0 Å². The van der Waals surface area contributed by atoms with Gasteiger partial charge in [-0.25, -0.2) is 4.79 Å². The summed E-state index contributed by atoms with van der Waals surface area (Å²) in [6.45, 7) is 5.50. The lowest BCUT2D eigenvalue weighted by Crippen LogP contribution is -2.44.